The van der Waals surface area contributed by atoms with E-state index in [1.165, 1.54) is 21.2 Å². The van der Waals surface area contributed by atoms with Crippen LogP contribution in [0.3, 0.4) is 0 Å². The zero-order valence-electron chi connectivity index (χ0n) is 7.93. The van der Waals surface area contributed by atoms with Crippen molar-refractivity contribution in [1.29, 1.82) is 0 Å². The van der Waals surface area contributed by atoms with Crippen LogP contribution >= 0.6 is 15.9 Å². The van der Waals surface area contributed by atoms with Crippen molar-refractivity contribution < 1.29 is 4.74 Å². The lowest BCUT2D eigenvalue weighted by Gasteiger charge is -2.10. The van der Waals surface area contributed by atoms with Crippen LogP contribution in [0.15, 0.2) is 16.6 Å². The smallest absolute Gasteiger partial charge is 0.0827 e. The van der Waals surface area contributed by atoms with Crippen molar-refractivity contribution in [3.8, 4) is 0 Å². The highest BCUT2D eigenvalue weighted by atomic mass is 79.9. The highest BCUT2D eigenvalue weighted by Gasteiger charge is 2.22. The third-order valence-corrected chi connectivity index (χ3v) is 3.58. The normalized spacial score (nSPS) is 20.4. The molecule has 1 unspecified atom stereocenters. The Morgan fingerprint density at radius 1 is 1.46 bits per heavy atom. The number of hydrogen-bond acceptors (Lipinski definition) is 1. The fraction of sp³-hybridized carbons (Fsp3) is 0.455. The third kappa shape index (κ3) is 1.53. The van der Waals surface area contributed by atoms with E-state index in [4.69, 9.17) is 4.74 Å². The average Bonchev–Trinajstić information content (AvgIpc) is 2.48. The minimum atomic E-state index is 0.321. The van der Waals surface area contributed by atoms with Gasteiger partial charge in [0.1, 0.15) is 0 Å². The molecule has 2 rings (SSSR count). The van der Waals surface area contributed by atoms with Crippen molar-refractivity contribution in [2.24, 2.45) is 0 Å². The molecule has 1 aromatic rings. The quantitative estimate of drug-likeness (QED) is 0.732. The minimum absolute atomic E-state index is 0.321. The molecular formula is C11H13BrO. The summed E-state index contributed by atoms with van der Waals surface area (Å²) < 4.78 is 6.63. The Kier molecular flexibility index (Phi) is 2.43. The van der Waals surface area contributed by atoms with Crippen LogP contribution in [0.25, 0.3) is 0 Å². The Morgan fingerprint density at radius 2 is 2.23 bits per heavy atom. The number of hydrogen-bond donors (Lipinski definition) is 0. The molecule has 0 radical (unpaired) electrons. The second kappa shape index (κ2) is 3.43. The molecule has 0 aromatic heterocycles. The van der Waals surface area contributed by atoms with Gasteiger partial charge in [-0.05, 0) is 42.5 Å². The highest BCUT2D eigenvalue weighted by molar-refractivity contribution is 9.10. The summed E-state index contributed by atoms with van der Waals surface area (Å²) in [7, 11) is 1.79. The first-order valence-electron chi connectivity index (χ1n) is 4.54. The maximum atomic E-state index is 5.42. The molecule has 1 aliphatic rings. The molecule has 0 heterocycles. The van der Waals surface area contributed by atoms with E-state index in [9.17, 15) is 0 Å². The lowest BCUT2D eigenvalue weighted by atomic mass is 10.1. The average molecular weight is 241 g/mol. The fourth-order valence-corrected chi connectivity index (χ4v) is 2.34. The predicted molar refractivity (Wildman–Crippen MR) is 57.0 cm³/mol. The zero-order valence-corrected chi connectivity index (χ0v) is 9.52. The van der Waals surface area contributed by atoms with Gasteiger partial charge in [-0.3, -0.25) is 0 Å². The molecule has 1 aliphatic carbocycles. The van der Waals surface area contributed by atoms with E-state index < -0.39 is 0 Å². The molecular weight excluding hydrogens is 228 g/mol. The van der Waals surface area contributed by atoms with Crippen LogP contribution in [0.4, 0.5) is 0 Å². The molecule has 0 amide bonds. The molecule has 0 saturated carbocycles. The number of aryl methyl sites for hydroxylation is 2. The molecule has 0 N–H and O–H groups in total. The van der Waals surface area contributed by atoms with Crippen molar-refractivity contribution >= 4 is 15.9 Å². The topological polar surface area (TPSA) is 9.23 Å². The summed E-state index contributed by atoms with van der Waals surface area (Å²) in [5.41, 5.74) is 4.11. The van der Waals surface area contributed by atoms with Gasteiger partial charge in [-0.2, -0.15) is 0 Å². The molecule has 0 saturated heterocycles. The summed E-state index contributed by atoms with van der Waals surface area (Å²) in [5, 5.41) is 0. The zero-order chi connectivity index (χ0) is 9.42. The Labute approximate surface area is 87.2 Å². The van der Waals surface area contributed by atoms with Crippen LogP contribution in [0.1, 0.15) is 29.2 Å². The number of rotatable bonds is 1. The van der Waals surface area contributed by atoms with Gasteiger partial charge in [0.05, 0.1) is 6.10 Å². The fourth-order valence-electron chi connectivity index (χ4n) is 1.95. The van der Waals surface area contributed by atoms with Crippen LogP contribution in [0.2, 0.25) is 0 Å². The van der Waals surface area contributed by atoms with Gasteiger partial charge in [-0.25, -0.2) is 0 Å². The Balaban J connectivity index is 2.47. The molecule has 0 fully saturated rings. The van der Waals surface area contributed by atoms with Gasteiger partial charge < -0.3 is 4.74 Å². The second-order valence-corrected chi connectivity index (χ2v) is 4.42. The van der Waals surface area contributed by atoms with E-state index in [1.807, 2.05) is 0 Å². The highest BCUT2D eigenvalue weighted by Crippen LogP contribution is 2.36. The number of benzene rings is 1. The van der Waals surface area contributed by atoms with Gasteiger partial charge in [0.15, 0.2) is 0 Å². The van der Waals surface area contributed by atoms with Gasteiger partial charge in [0.2, 0.25) is 0 Å². The van der Waals surface area contributed by atoms with E-state index in [2.05, 4.69) is 35.0 Å². The number of ether oxygens (including phenoxy) is 1. The molecule has 0 bridgehead atoms. The number of halogens is 1. The van der Waals surface area contributed by atoms with E-state index in [1.54, 1.807) is 7.11 Å². The van der Waals surface area contributed by atoms with Gasteiger partial charge in [-0.15, -0.1) is 0 Å². The van der Waals surface area contributed by atoms with Crippen LogP contribution in [0.5, 0.6) is 0 Å². The summed E-state index contributed by atoms with van der Waals surface area (Å²) in [6.45, 7) is 2.12. The molecule has 1 atom stereocenters. The van der Waals surface area contributed by atoms with Crippen LogP contribution in [0, 0.1) is 6.92 Å². The molecule has 1 nitrogen and oxygen atoms in total. The summed E-state index contributed by atoms with van der Waals surface area (Å²) in [6.07, 6.45) is 2.59. The lowest BCUT2D eigenvalue weighted by Crippen LogP contribution is -1.95. The van der Waals surface area contributed by atoms with Crippen molar-refractivity contribution in [2.45, 2.75) is 25.9 Å². The first kappa shape index (κ1) is 9.22. The van der Waals surface area contributed by atoms with E-state index in [0.29, 0.717) is 6.10 Å². The maximum Gasteiger partial charge on any atom is 0.0827 e. The monoisotopic (exact) mass is 240 g/mol. The number of fused-ring (bicyclic) bond motifs is 1. The molecule has 1 aromatic carbocycles. The van der Waals surface area contributed by atoms with E-state index in [-0.39, 0.29) is 0 Å². The van der Waals surface area contributed by atoms with Crippen molar-refractivity contribution in [3.05, 3.63) is 33.3 Å². The standard InChI is InChI=1S/C11H13BrO/c1-7-5-9-8(6-10(7)12)3-4-11(9)13-2/h5-6,11H,3-4H2,1-2H3. The molecule has 70 valence electrons. The summed E-state index contributed by atoms with van der Waals surface area (Å²) in [5.74, 6) is 0. The Bertz CT molecular complexity index is 333. The largest absolute Gasteiger partial charge is 0.377 e. The minimum Gasteiger partial charge on any atom is -0.377 e. The van der Waals surface area contributed by atoms with E-state index in [0.717, 1.165) is 12.8 Å². The second-order valence-electron chi connectivity index (χ2n) is 3.56. The van der Waals surface area contributed by atoms with Crippen molar-refractivity contribution in [3.63, 3.8) is 0 Å². The SMILES string of the molecule is COC1CCc2cc(Br)c(C)cc21. The number of methoxy groups -OCH3 is 1. The van der Waals surface area contributed by atoms with Gasteiger partial charge in [0, 0.05) is 11.6 Å². The van der Waals surface area contributed by atoms with Crippen molar-refractivity contribution in [2.75, 3.05) is 7.11 Å². The third-order valence-electron chi connectivity index (χ3n) is 2.73. The van der Waals surface area contributed by atoms with Crippen LogP contribution in [-0.4, -0.2) is 7.11 Å². The summed E-state index contributed by atoms with van der Waals surface area (Å²) in [6, 6.07) is 4.46. The lowest BCUT2D eigenvalue weighted by molar-refractivity contribution is 0.105. The molecule has 2 heteroatoms. The summed E-state index contributed by atoms with van der Waals surface area (Å²) >= 11 is 3.55. The van der Waals surface area contributed by atoms with Crippen LogP contribution in [-0.2, 0) is 11.2 Å². The molecule has 13 heavy (non-hydrogen) atoms. The molecule has 0 aliphatic heterocycles. The van der Waals surface area contributed by atoms with Gasteiger partial charge >= 0.3 is 0 Å². The van der Waals surface area contributed by atoms with E-state index >= 15 is 0 Å². The van der Waals surface area contributed by atoms with Crippen LogP contribution < -0.4 is 0 Å². The Morgan fingerprint density at radius 3 is 2.92 bits per heavy atom. The first-order valence-corrected chi connectivity index (χ1v) is 5.33. The van der Waals surface area contributed by atoms with Gasteiger partial charge in [-0.1, -0.05) is 22.0 Å². The Hall–Kier alpha value is -0.340. The first-order chi connectivity index (χ1) is 6.22. The van der Waals surface area contributed by atoms with Gasteiger partial charge in [0.25, 0.3) is 0 Å². The maximum absolute atomic E-state index is 5.42. The van der Waals surface area contributed by atoms with Crippen molar-refractivity contribution in [1.82, 2.24) is 0 Å². The molecule has 0 spiro atoms. The summed E-state index contributed by atoms with van der Waals surface area (Å²) in [4.78, 5) is 0. The predicted octanol–water partition coefficient (Wildman–Crippen LogP) is 3.39.